The number of nitrogens with zero attached hydrogens (tertiary/aromatic N) is 3. The molecule has 1 N–H and O–H groups in total. The first-order valence-electron chi connectivity index (χ1n) is 9.49. The first-order chi connectivity index (χ1) is 13.8. The molecule has 1 unspecified atom stereocenters. The van der Waals surface area contributed by atoms with E-state index in [0.717, 1.165) is 16.6 Å². The van der Waals surface area contributed by atoms with Gasteiger partial charge in [0.05, 0.1) is 12.3 Å². The van der Waals surface area contributed by atoms with Crippen LogP contribution in [0, 0.1) is 5.92 Å². The Labute approximate surface area is 170 Å². The Morgan fingerprint density at radius 2 is 2.07 bits per heavy atom. The Kier molecular flexibility index (Phi) is 5.06. The van der Waals surface area contributed by atoms with Crippen LogP contribution in [0.1, 0.15) is 43.6 Å². The van der Waals surface area contributed by atoms with E-state index < -0.39 is 17.1 Å². The van der Waals surface area contributed by atoms with Crippen molar-refractivity contribution in [2.75, 3.05) is 6.54 Å². The van der Waals surface area contributed by atoms with E-state index in [1.54, 1.807) is 35.5 Å². The van der Waals surface area contributed by atoms with Gasteiger partial charge >= 0.3 is 7.12 Å². The Balaban J connectivity index is 1.69. The van der Waals surface area contributed by atoms with Crippen LogP contribution in [-0.4, -0.2) is 44.2 Å². The molecule has 0 saturated heterocycles. The Hall–Kier alpha value is -2.49. The first kappa shape index (κ1) is 19.8. The molecule has 0 fully saturated rings. The molecule has 2 aromatic rings. The van der Waals surface area contributed by atoms with Gasteiger partial charge in [0.2, 0.25) is 0 Å². The van der Waals surface area contributed by atoms with Gasteiger partial charge in [0, 0.05) is 12.1 Å². The molecule has 29 heavy (non-hydrogen) atoms. The zero-order chi connectivity index (χ0) is 20.8. The number of hydrogen-bond donors (Lipinski definition) is 1. The summed E-state index contributed by atoms with van der Waals surface area (Å²) < 4.78 is 34.2. The summed E-state index contributed by atoms with van der Waals surface area (Å²) in [6.45, 7) is 6.47. The predicted molar refractivity (Wildman–Crippen MR) is 113 cm³/mol. The molecule has 0 aliphatic carbocycles. The summed E-state index contributed by atoms with van der Waals surface area (Å²) in [5.41, 5.74) is 3.07. The molecule has 2 heterocycles. The lowest BCUT2D eigenvalue weighted by Crippen LogP contribution is -2.30. The van der Waals surface area contributed by atoms with Crippen LogP contribution in [0.25, 0.3) is 0 Å². The van der Waals surface area contributed by atoms with E-state index in [9.17, 15) is 13.4 Å². The molecule has 1 atom stereocenters. The molecule has 9 heteroatoms. The van der Waals surface area contributed by atoms with E-state index in [4.69, 9.17) is 4.65 Å². The normalized spacial score (nSPS) is 19.6. The van der Waals surface area contributed by atoms with Gasteiger partial charge in [-0.3, -0.25) is 0 Å². The van der Waals surface area contributed by atoms with E-state index in [-0.39, 0.29) is 16.9 Å². The van der Waals surface area contributed by atoms with Gasteiger partial charge in [-0.15, -0.1) is 4.40 Å². The molecule has 0 radical (unpaired) electrons. The number of benzene rings is 2. The molecule has 150 valence electrons. The highest BCUT2D eigenvalue weighted by Crippen LogP contribution is 2.28. The monoisotopic (exact) mass is 411 g/mol. The Morgan fingerprint density at radius 1 is 1.31 bits per heavy atom. The van der Waals surface area contributed by atoms with Crippen LogP contribution in [0.2, 0.25) is 0 Å². The molecule has 0 bridgehead atoms. The lowest BCUT2D eigenvalue weighted by Gasteiger charge is -2.21. The highest BCUT2D eigenvalue weighted by Gasteiger charge is 2.33. The SMILES string of the molecule is CC(C)CN(/N=C/c1ccc2c(c1)C(C)OB2O)C1=NS(=O)(=O)c2ccccc21. The zero-order valence-corrected chi connectivity index (χ0v) is 17.3. The first-order valence-corrected chi connectivity index (χ1v) is 10.9. The van der Waals surface area contributed by atoms with Crippen molar-refractivity contribution < 1.29 is 18.1 Å². The van der Waals surface area contributed by atoms with E-state index >= 15 is 0 Å². The quantitative estimate of drug-likeness (QED) is 0.472. The third kappa shape index (κ3) is 3.73. The van der Waals surface area contributed by atoms with Crippen LogP contribution >= 0.6 is 0 Å². The summed E-state index contributed by atoms with van der Waals surface area (Å²) >= 11 is 0. The van der Waals surface area contributed by atoms with Crippen LogP contribution in [0.5, 0.6) is 0 Å². The maximum Gasteiger partial charge on any atom is 0.491 e. The lowest BCUT2D eigenvalue weighted by molar-refractivity contribution is 0.209. The molecule has 7 nitrogen and oxygen atoms in total. The Bertz CT molecular complexity index is 1110. The van der Waals surface area contributed by atoms with Crippen molar-refractivity contribution in [1.29, 1.82) is 0 Å². The third-order valence-electron chi connectivity index (χ3n) is 4.89. The second-order valence-electron chi connectivity index (χ2n) is 7.63. The summed E-state index contributed by atoms with van der Waals surface area (Å²) in [7, 11) is -4.62. The van der Waals surface area contributed by atoms with E-state index in [1.807, 2.05) is 39.0 Å². The summed E-state index contributed by atoms with van der Waals surface area (Å²) in [5, 5.41) is 16.1. The fourth-order valence-electron chi connectivity index (χ4n) is 3.54. The van der Waals surface area contributed by atoms with Crippen LogP contribution in [0.3, 0.4) is 0 Å². The number of sulfonamides is 1. The van der Waals surface area contributed by atoms with E-state index in [0.29, 0.717) is 17.9 Å². The highest BCUT2D eigenvalue weighted by molar-refractivity contribution is 7.90. The number of fused-ring (bicyclic) bond motifs is 2. The maximum atomic E-state index is 12.4. The highest BCUT2D eigenvalue weighted by atomic mass is 32.2. The molecular weight excluding hydrogens is 389 g/mol. The van der Waals surface area contributed by atoms with Crippen molar-refractivity contribution in [2.24, 2.45) is 15.4 Å². The number of rotatable bonds is 4. The summed E-state index contributed by atoms with van der Waals surface area (Å²) in [6, 6.07) is 12.4. The molecule has 2 aromatic carbocycles. The molecule has 0 spiro atoms. The van der Waals surface area contributed by atoms with Crippen molar-refractivity contribution in [3.05, 3.63) is 59.2 Å². The van der Waals surface area contributed by atoms with Gasteiger partial charge in [-0.2, -0.15) is 13.5 Å². The molecule has 0 saturated carbocycles. The minimum absolute atomic E-state index is 0.198. The molecule has 0 aromatic heterocycles. The van der Waals surface area contributed by atoms with Gasteiger partial charge in [-0.25, -0.2) is 5.01 Å². The van der Waals surface area contributed by atoms with Crippen LogP contribution in [0.4, 0.5) is 0 Å². The molecule has 2 aliphatic heterocycles. The van der Waals surface area contributed by atoms with Crippen molar-refractivity contribution in [1.82, 2.24) is 5.01 Å². The van der Waals surface area contributed by atoms with Crippen LogP contribution < -0.4 is 5.46 Å². The van der Waals surface area contributed by atoms with Gasteiger partial charge in [0.15, 0.2) is 5.84 Å². The third-order valence-corrected chi connectivity index (χ3v) is 6.21. The number of amidine groups is 1. The minimum Gasteiger partial charge on any atom is -0.423 e. The predicted octanol–water partition coefficient (Wildman–Crippen LogP) is 1.91. The van der Waals surface area contributed by atoms with Gasteiger partial charge in [-0.1, -0.05) is 38.1 Å². The van der Waals surface area contributed by atoms with Gasteiger partial charge in [0.25, 0.3) is 10.0 Å². The topological polar surface area (TPSA) is 91.6 Å². The molecular formula is C20H22BN3O4S. The fraction of sp³-hybridized carbons (Fsp3) is 0.300. The number of hydrogen-bond acceptors (Lipinski definition) is 6. The van der Waals surface area contributed by atoms with Crippen LogP contribution in [-0.2, 0) is 14.7 Å². The van der Waals surface area contributed by atoms with Crippen molar-refractivity contribution in [2.45, 2.75) is 31.8 Å². The second kappa shape index (κ2) is 7.40. The maximum absolute atomic E-state index is 12.4. The lowest BCUT2D eigenvalue weighted by atomic mass is 9.79. The smallest absolute Gasteiger partial charge is 0.423 e. The van der Waals surface area contributed by atoms with Crippen molar-refractivity contribution in [3.63, 3.8) is 0 Å². The standard InChI is InChI=1S/C20H22BN3O4S/c1-13(2)12-24(20-16-6-4-5-7-19(16)29(26,27)23-20)22-11-15-8-9-18-17(10-15)14(3)28-21(18)25/h4-11,13-14,25H,12H2,1-3H3/b22-11+. The molecule has 4 rings (SSSR count). The van der Waals surface area contributed by atoms with Crippen LogP contribution in [0.15, 0.2) is 56.9 Å². The average molecular weight is 411 g/mol. The Morgan fingerprint density at radius 3 is 2.83 bits per heavy atom. The van der Waals surface area contributed by atoms with Crippen molar-refractivity contribution in [3.8, 4) is 0 Å². The summed E-state index contributed by atoms with van der Waals surface area (Å²) in [5.74, 6) is 0.577. The average Bonchev–Trinajstić information content (AvgIpc) is 3.12. The second-order valence-corrected chi connectivity index (χ2v) is 9.20. The van der Waals surface area contributed by atoms with Crippen molar-refractivity contribution >= 4 is 34.7 Å². The van der Waals surface area contributed by atoms with Gasteiger partial charge in [-0.05, 0) is 47.6 Å². The fourth-order valence-corrected chi connectivity index (χ4v) is 4.74. The van der Waals surface area contributed by atoms with Gasteiger partial charge in [0.1, 0.15) is 4.90 Å². The van der Waals surface area contributed by atoms with Gasteiger partial charge < -0.3 is 9.68 Å². The zero-order valence-electron chi connectivity index (χ0n) is 16.5. The molecule has 0 amide bonds. The molecule has 2 aliphatic rings. The summed E-state index contributed by atoms with van der Waals surface area (Å²) in [6.07, 6.45) is 1.48. The minimum atomic E-state index is -3.71. The van der Waals surface area contributed by atoms with E-state index in [1.165, 1.54) is 0 Å². The summed E-state index contributed by atoms with van der Waals surface area (Å²) in [4.78, 5) is 0.205. The van der Waals surface area contributed by atoms with E-state index in [2.05, 4.69) is 9.50 Å². The number of hydrazone groups is 1. The largest absolute Gasteiger partial charge is 0.491 e.